The van der Waals surface area contributed by atoms with Gasteiger partial charge in [-0.15, -0.1) is 0 Å². The summed E-state index contributed by atoms with van der Waals surface area (Å²) >= 11 is 3.27. The summed E-state index contributed by atoms with van der Waals surface area (Å²) in [5, 5.41) is 22.6. The van der Waals surface area contributed by atoms with Crippen molar-refractivity contribution in [1.82, 2.24) is 0 Å². The molecular weight excluding hydrogens is 428 g/mol. The number of carboxylic acids is 1. The first kappa shape index (κ1) is 21.0. The largest absolute Gasteiger partial charge is 0.546 e. The fourth-order valence-corrected chi connectivity index (χ4v) is 2.90. The first-order chi connectivity index (χ1) is 13.3. The number of nitrogens with zero attached hydrogens (tertiary/aromatic N) is 1. The lowest BCUT2D eigenvalue weighted by molar-refractivity contribution is -0.307. The lowest BCUT2D eigenvalue weighted by Gasteiger charge is -2.14. The van der Waals surface area contributed by atoms with Gasteiger partial charge in [-0.2, -0.15) is 5.26 Å². The number of hydrogen-bond donors (Lipinski definition) is 1. The molecule has 2 aromatic carbocycles. The van der Waals surface area contributed by atoms with E-state index in [1.807, 2.05) is 19.1 Å². The van der Waals surface area contributed by atoms with Crippen molar-refractivity contribution in [1.29, 1.82) is 5.26 Å². The normalized spacial score (nSPS) is 10.7. The Hall–Kier alpha value is -3.31. The van der Waals surface area contributed by atoms with Crippen molar-refractivity contribution in [2.24, 2.45) is 0 Å². The van der Waals surface area contributed by atoms with Crippen LogP contribution in [0.1, 0.15) is 11.1 Å². The molecule has 2 rings (SSSR count). The van der Waals surface area contributed by atoms with Crippen LogP contribution in [0, 0.1) is 18.3 Å². The van der Waals surface area contributed by atoms with Gasteiger partial charge in [-0.25, -0.2) is 0 Å². The van der Waals surface area contributed by atoms with E-state index in [-0.39, 0.29) is 17.1 Å². The van der Waals surface area contributed by atoms with Crippen LogP contribution < -0.4 is 19.9 Å². The van der Waals surface area contributed by atoms with Crippen molar-refractivity contribution in [2.75, 3.05) is 19.0 Å². The number of methoxy groups -OCH3 is 1. The Bertz CT molecular complexity index is 979. The molecule has 0 atom stereocenters. The van der Waals surface area contributed by atoms with Crippen LogP contribution >= 0.6 is 15.9 Å². The zero-order chi connectivity index (χ0) is 20.7. The number of hydrogen-bond acceptors (Lipinski definition) is 6. The van der Waals surface area contributed by atoms with E-state index in [0.717, 1.165) is 5.56 Å². The van der Waals surface area contributed by atoms with Crippen LogP contribution in [0.25, 0.3) is 6.08 Å². The zero-order valence-electron chi connectivity index (χ0n) is 15.1. The van der Waals surface area contributed by atoms with Crippen molar-refractivity contribution >= 4 is 39.6 Å². The third-order valence-corrected chi connectivity index (χ3v) is 4.13. The number of rotatable bonds is 7. The Morgan fingerprint density at radius 1 is 1.32 bits per heavy atom. The molecule has 0 unspecified atom stereocenters. The molecule has 0 spiro atoms. The van der Waals surface area contributed by atoms with E-state index in [1.54, 1.807) is 24.3 Å². The average Bonchev–Trinajstić information content (AvgIpc) is 2.64. The van der Waals surface area contributed by atoms with Gasteiger partial charge in [0, 0.05) is 5.69 Å². The second-order valence-electron chi connectivity index (χ2n) is 5.69. The number of aliphatic carboxylic acids is 1. The predicted molar refractivity (Wildman–Crippen MR) is 105 cm³/mol. The summed E-state index contributed by atoms with van der Waals surface area (Å²) in [4.78, 5) is 23.0. The highest BCUT2D eigenvalue weighted by Crippen LogP contribution is 2.37. The van der Waals surface area contributed by atoms with Gasteiger partial charge in [0.2, 0.25) is 0 Å². The second kappa shape index (κ2) is 9.58. The molecule has 0 saturated carbocycles. The number of aryl methyl sites for hydroxylation is 1. The maximum Gasteiger partial charge on any atom is 0.266 e. The van der Waals surface area contributed by atoms with E-state index >= 15 is 0 Å². The monoisotopic (exact) mass is 443 g/mol. The molecule has 8 heteroatoms. The van der Waals surface area contributed by atoms with Gasteiger partial charge in [0.25, 0.3) is 5.91 Å². The summed E-state index contributed by atoms with van der Waals surface area (Å²) in [7, 11) is 1.39. The minimum absolute atomic E-state index is 0.112. The molecule has 7 nitrogen and oxygen atoms in total. The van der Waals surface area contributed by atoms with Gasteiger partial charge in [-0.05, 0) is 64.3 Å². The standard InChI is InChI=1S/C20H17BrN2O5/c1-12-4-3-5-15(6-12)23-20(26)14(10-22)7-13-8-16(21)19(17(9-13)27-2)28-11-18(24)25/h3-9H,11H2,1-2H3,(H,23,26)(H,24,25)/p-1/b14-7-. The molecule has 0 heterocycles. The van der Waals surface area contributed by atoms with Crippen LogP contribution in [-0.2, 0) is 9.59 Å². The van der Waals surface area contributed by atoms with Crippen molar-refractivity contribution < 1.29 is 24.2 Å². The van der Waals surface area contributed by atoms with E-state index in [1.165, 1.54) is 19.3 Å². The van der Waals surface area contributed by atoms with E-state index in [9.17, 15) is 20.0 Å². The molecule has 1 N–H and O–H groups in total. The number of halogens is 1. The summed E-state index contributed by atoms with van der Waals surface area (Å²) in [6.45, 7) is 1.25. The Balaban J connectivity index is 2.30. The van der Waals surface area contributed by atoms with Crippen molar-refractivity contribution in [3.63, 3.8) is 0 Å². The number of carbonyl (C=O) groups is 2. The number of benzene rings is 2. The van der Waals surface area contributed by atoms with Gasteiger partial charge in [-0.1, -0.05) is 12.1 Å². The molecule has 0 fully saturated rings. The van der Waals surface area contributed by atoms with Crippen LogP contribution in [0.5, 0.6) is 11.5 Å². The topological polar surface area (TPSA) is 111 Å². The van der Waals surface area contributed by atoms with E-state index in [2.05, 4.69) is 21.2 Å². The minimum atomic E-state index is -1.38. The van der Waals surface area contributed by atoms with Crippen molar-refractivity contribution in [3.8, 4) is 17.6 Å². The second-order valence-corrected chi connectivity index (χ2v) is 6.54. The van der Waals surface area contributed by atoms with Gasteiger partial charge in [0.15, 0.2) is 11.5 Å². The third-order valence-electron chi connectivity index (χ3n) is 3.54. The molecule has 0 bridgehead atoms. The highest BCUT2D eigenvalue weighted by Gasteiger charge is 2.14. The fourth-order valence-electron chi connectivity index (χ4n) is 2.33. The van der Waals surface area contributed by atoms with E-state index in [4.69, 9.17) is 9.47 Å². The molecule has 0 aromatic heterocycles. The lowest BCUT2D eigenvalue weighted by Crippen LogP contribution is -2.29. The number of ether oxygens (including phenoxy) is 2. The number of nitriles is 1. The number of carbonyl (C=O) groups excluding carboxylic acids is 2. The smallest absolute Gasteiger partial charge is 0.266 e. The highest BCUT2D eigenvalue weighted by molar-refractivity contribution is 9.10. The third kappa shape index (κ3) is 5.59. The van der Waals surface area contributed by atoms with Gasteiger partial charge in [0.05, 0.1) is 17.6 Å². The molecule has 1 amide bonds. The van der Waals surface area contributed by atoms with Crippen molar-refractivity contribution in [3.05, 3.63) is 57.6 Å². The van der Waals surface area contributed by atoms with Gasteiger partial charge in [0.1, 0.15) is 18.2 Å². The Morgan fingerprint density at radius 3 is 2.68 bits per heavy atom. The number of anilines is 1. The number of amides is 1. The molecule has 0 aliphatic rings. The lowest BCUT2D eigenvalue weighted by atomic mass is 10.1. The van der Waals surface area contributed by atoms with Gasteiger partial charge < -0.3 is 24.7 Å². The molecule has 28 heavy (non-hydrogen) atoms. The molecule has 0 aliphatic heterocycles. The molecule has 0 radical (unpaired) electrons. The van der Waals surface area contributed by atoms with Crippen molar-refractivity contribution in [2.45, 2.75) is 6.92 Å². The fraction of sp³-hybridized carbons (Fsp3) is 0.150. The number of carboxylic acid groups (broad SMARTS) is 1. The molecule has 144 valence electrons. The molecule has 0 saturated heterocycles. The molecule has 0 aliphatic carbocycles. The van der Waals surface area contributed by atoms with Crippen LogP contribution in [0.2, 0.25) is 0 Å². The van der Waals surface area contributed by atoms with E-state index < -0.39 is 18.5 Å². The Labute approximate surface area is 170 Å². The summed E-state index contributed by atoms with van der Waals surface area (Å²) < 4.78 is 10.7. The summed E-state index contributed by atoms with van der Waals surface area (Å²) in [6, 6.07) is 12.2. The zero-order valence-corrected chi connectivity index (χ0v) is 16.7. The Morgan fingerprint density at radius 2 is 2.07 bits per heavy atom. The molecular formula is C20H16BrN2O5-. The predicted octanol–water partition coefficient (Wildman–Crippen LogP) is 2.44. The van der Waals surface area contributed by atoms with Crippen LogP contribution in [-0.4, -0.2) is 25.6 Å². The highest BCUT2D eigenvalue weighted by atomic mass is 79.9. The maximum absolute atomic E-state index is 12.4. The number of nitrogens with one attached hydrogen (secondary N) is 1. The van der Waals surface area contributed by atoms with Gasteiger partial charge >= 0.3 is 0 Å². The van der Waals surface area contributed by atoms with Crippen LogP contribution in [0.3, 0.4) is 0 Å². The van der Waals surface area contributed by atoms with Gasteiger partial charge in [-0.3, -0.25) is 4.79 Å². The van der Waals surface area contributed by atoms with Crippen LogP contribution in [0.4, 0.5) is 5.69 Å². The SMILES string of the molecule is COc1cc(/C=C(/C#N)C(=O)Nc2cccc(C)c2)cc(Br)c1OCC(=O)[O-]. The average molecular weight is 444 g/mol. The maximum atomic E-state index is 12.4. The summed E-state index contributed by atoms with van der Waals surface area (Å²) in [5.74, 6) is -1.53. The first-order valence-corrected chi connectivity index (χ1v) is 8.83. The quantitative estimate of drug-likeness (QED) is 0.519. The van der Waals surface area contributed by atoms with Crippen LogP contribution in [0.15, 0.2) is 46.4 Å². The molecule has 2 aromatic rings. The summed E-state index contributed by atoms with van der Waals surface area (Å²) in [5.41, 5.74) is 1.93. The minimum Gasteiger partial charge on any atom is -0.546 e. The summed E-state index contributed by atoms with van der Waals surface area (Å²) in [6.07, 6.45) is 1.39. The Kier molecular flexibility index (Phi) is 7.18. The first-order valence-electron chi connectivity index (χ1n) is 8.04. The van der Waals surface area contributed by atoms with E-state index in [0.29, 0.717) is 15.7 Å².